The van der Waals surface area contributed by atoms with Gasteiger partial charge in [0.25, 0.3) is 0 Å². The highest BCUT2D eigenvalue weighted by Gasteiger charge is 2.31. The van der Waals surface area contributed by atoms with Crippen molar-refractivity contribution in [2.24, 2.45) is 0 Å². The molecule has 1 fully saturated rings. The number of thiazole rings is 1. The number of benzene rings is 1. The average molecular weight is 440 g/mol. The normalized spacial score (nSPS) is 16.3. The maximum Gasteiger partial charge on any atom is 0.223 e. The average Bonchev–Trinajstić information content (AvgIpc) is 3.42. The second-order valence-corrected chi connectivity index (χ2v) is 9.30. The predicted octanol–water partition coefficient (Wildman–Crippen LogP) is 4.79. The Balaban J connectivity index is 1.23. The molecule has 2 aromatic heterocycles. The Labute approximate surface area is 186 Å². The van der Waals surface area contributed by atoms with E-state index in [1.54, 1.807) is 24.5 Å². The number of rotatable bonds is 8. The largest absolute Gasteiger partial charge is 0.503 e. The minimum Gasteiger partial charge on any atom is -0.503 e. The summed E-state index contributed by atoms with van der Waals surface area (Å²) in [7, 11) is 0. The molecule has 0 aliphatic carbocycles. The van der Waals surface area contributed by atoms with Gasteiger partial charge in [0.1, 0.15) is 5.01 Å². The second kappa shape index (κ2) is 9.64. The fraction of sp³-hybridized carbons (Fsp3) is 0.458. The van der Waals surface area contributed by atoms with Crippen LogP contribution in [0.15, 0.2) is 41.3 Å². The van der Waals surface area contributed by atoms with E-state index < -0.39 is 0 Å². The molecule has 1 unspecified atom stereocenters. The lowest BCUT2D eigenvalue weighted by Crippen LogP contribution is -2.30. The lowest BCUT2D eigenvalue weighted by atomic mass is 10.1. The summed E-state index contributed by atoms with van der Waals surface area (Å²) in [5.41, 5.74) is 1.30. The number of fused-ring (bicyclic) bond motifs is 1. The zero-order chi connectivity index (χ0) is 21.8. The zero-order valence-electron chi connectivity index (χ0n) is 17.9. The van der Waals surface area contributed by atoms with Crippen molar-refractivity contribution < 1.29 is 9.90 Å². The fourth-order valence-corrected chi connectivity index (χ4v) is 5.43. The number of hydrogen-bond acceptors (Lipinski definition) is 5. The van der Waals surface area contributed by atoms with Crippen molar-refractivity contribution in [3.63, 3.8) is 0 Å². The molecule has 4 rings (SSSR count). The number of para-hydroxylation sites is 1. The number of amides is 1. The van der Waals surface area contributed by atoms with E-state index >= 15 is 0 Å². The molecule has 0 spiro atoms. The topological polar surface area (TPSA) is 75.4 Å². The van der Waals surface area contributed by atoms with Crippen LogP contribution in [0.4, 0.5) is 0 Å². The van der Waals surface area contributed by atoms with Crippen molar-refractivity contribution in [2.45, 2.75) is 64.5 Å². The van der Waals surface area contributed by atoms with E-state index in [-0.39, 0.29) is 23.1 Å². The Bertz CT molecular complexity index is 1090. The molecule has 3 heterocycles. The molecule has 0 saturated carbocycles. The van der Waals surface area contributed by atoms with Crippen LogP contribution >= 0.6 is 11.3 Å². The predicted molar refractivity (Wildman–Crippen MR) is 123 cm³/mol. The molecule has 0 bridgehead atoms. The van der Waals surface area contributed by atoms with Crippen molar-refractivity contribution in [3.8, 4) is 5.75 Å². The van der Waals surface area contributed by atoms with Crippen LogP contribution in [-0.2, 0) is 11.3 Å². The first-order valence-corrected chi connectivity index (χ1v) is 11.9. The number of hydrogen-bond donors (Lipinski definition) is 1. The summed E-state index contributed by atoms with van der Waals surface area (Å²) in [5, 5.41) is 10.8. The van der Waals surface area contributed by atoms with Crippen LogP contribution in [0.5, 0.6) is 5.75 Å². The summed E-state index contributed by atoms with van der Waals surface area (Å²) < 4.78 is 3.09. The van der Waals surface area contributed by atoms with Crippen LogP contribution in [-0.4, -0.2) is 32.0 Å². The van der Waals surface area contributed by atoms with Gasteiger partial charge >= 0.3 is 0 Å². The number of nitrogens with zero attached hydrogens (tertiary/aromatic N) is 3. The molecule has 1 aliphatic heterocycles. The van der Waals surface area contributed by atoms with Gasteiger partial charge in [0.05, 0.1) is 22.0 Å². The summed E-state index contributed by atoms with van der Waals surface area (Å²) >= 11 is 1.71. The molecule has 3 aromatic rings. The number of aromatic nitrogens is 2. The fourth-order valence-electron chi connectivity index (χ4n) is 4.32. The minimum absolute atomic E-state index is 0.126. The third-order valence-electron chi connectivity index (χ3n) is 6.12. The minimum atomic E-state index is -0.335. The van der Waals surface area contributed by atoms with Crippen LogP contribution in [0.1, 0.15) is 61.7 Å². The third kappa shape index (κ3) is 4.82. The lowest BCUT2D eigenvalue weighted by Gasteiger charge is -2.23. The van der Waals surface area contributed by atoms with E-state index in [2.05, 4.69) is 6.07 Å². The Kier molecular flexibility index (Phi) is 6.70. The molecule has 1 saturated heterocycles. The molecule has 164 valence electrons. The number of likely N-dealkylation sites (tertiary alicyclic amines) is 1. The Morgan fingerprint density at radius 1 is 1.19 bits per heavy atom. The molecule has 1 amide bonds. The van der Waals surface area contributed by atoms with Gasteiger partial charge in [-0.15, -0.1) is 11.3 Å². The highest BCUT2D eigenvalue weighted by Crippen LogP contribution is 2.36. The SMILES string of the molecule is Cc1c(O)c(=O)ccn1CCCCCCC(=O)N1CCCC1c1nc2ccccc2s1. The van der Waals surface area contributed by atoms with Crippen molar-refractivity contribution >= 4 is 27.5 Å². The standard InChI is InChI=1S/C24H29N3O3S/c1-17-23(30)20(28)13-16-26(17)14-7-3-2-4-12-22(29)27-15-8-10-19(27)24-25-18-9-5-6-11-21(18)31-24/h5-6,9,11,13,16,19,30H,2-4,7-8,10,12,14-15H2,1H3. The van der Waals surface area contributed by atoms with Crippen molar-refractivity contribution in [2.75, 3.05) is 6.54 Å². The number of carbonyl (C=O) groups excluding carboxylic acids is 1. The van der Waals surface area contributed by atoms with Gasteiger partial charge in [-0.25, -0.2) is 4.98 Å². The van der Waals surface area contributed by atoms with Gasteiger partial charge in [0.2, 0.25) is 11.3 Å². The maximum absolute atomic E-state index is 12.9. The quantitative estimate of drug-likeness (QED) is 0.512. The van der Waals surface area contributed by atoms with Crippen molar-refractivity contribution in [1.82, 2.24) is 14.5 Å². The number of unbranched alkanes of at least 4 members (excludes halogenated alkanes) is 3. The molecular formula is C24H29N3O3S. The van der Waals surface area contributed by atoms with E-state index in [0.29, 0.717) is 12.1 Å². The third-order valence-corrected chi connectivity index (χ3v) is 7.26. The number of pyridine rings is 1. The zero-order valence-corrected chi connectivity index (χ0v) is 18.7. The first kappa shape index (κ1) is 21.6. The van der Waals surface area contributed by atoms with Crippen LogP contribution in [0.3, 0.4) is 0 Å². The van der Waals surface area contributed by atoms with E-state index in [0.717, 1.165) is 62.1 Å². The number of carbonyl (C=O) groups is 1. The Morgan fingerprint density at radius 3 is 2.84 bits per heavy atom. The van der Waals surface area contributed by atoms with Gasteiger partial charge in [-0.1, -0.05) is 25.0 Å². The van der Waals surface area contributed by atoms with Gasteiger partial charge in [-0.3, -0.25) is 9.59 Å². The molecule has 1 N–H and O–H groups in total. The van der Waals surface area contributed by atoms with Crippen molar-refractivity contribution in [1.29, 1.82) is 0 Å². The molecule has 6 nitrogen and oxygen atoms in total. The molecule has 0 radical (unpaired) electrons. The van der Waals surface area contributed by atoms with Gasteiger partial charge in [-0.2, -0.15) is 0 Å². The van der Waals surface area contributed by atoms with Crippen molar-refractivity contribution in [3.05, 3.63) is 57.5 Å². The second-order valence-electron chi connectivity index (χ2n) is 8.24. The summed E-state index contributed by atoms with van der Waals surface area (Å²) in [6, 6.07) is 9.69. The Hall–Kier alpha value is -2.67. The number of aryl methyl sites for hydroxylation is 1. The summed E-state index contributed by atoms with van der Waals surface area (Å²) in [4.78, 5) is 31.1. The number of aromatic hydroxyl groups is 1. The summed E-state index contributed by atoms with van der Waals surface area (Å²) in [5.74, 6) is 0.0734. The highest BCUT2D eigenvalue weighted by atomic mass is 32.1. The Morgan fingerprint density at radius 2 is 2.00 bits per heavy atom. The van der Waals surface area contributed by atoms with Crippen LogP contribution in [0, 0.1) is 6.92 Å². The maximum atomic E-state index is 12.9. The van der Waals surface area contributed by atoms with Crippen LogP contribution < -0.4 is 5.43 Å². The van der Waals surface area contributed by atoms with Crippen LogP contribution in [0.2, 0.25) is 0 Å². The molecular weight excluding hydrogens is 410 g/mol. The highest BCUT2D eigenvalue weighted by molar-refractivity contribution is 7.18. The van der Waals surface area contributed by atoms with E-state index in [1.165, 1.54) is 10.8 Å². The first-order valence-electron chi connectivity index (χ1n) is 11.1. The van der Waals surface area contributed by atoms with Gasteiger partial charge in [0.15, 0.2) is 5.75 Å². The lowest BCUT2D eigenvalue weighted by molar-refractivity contribution is -0.132. The van der Waals surface area contributed by atoms with Crippen LogP contribution in [0.25, 0.3) is 10.2 Å². The summed E-state index contributed by atoms with van der Waals surface area (Å²) in [6.07, 6.45) is 8.20. The molecule has 1 aliphatic rings. The van der Waals surface area contributed by atoms with Gasteiger partial charge < -0.3 is 14.6 Å². The van der Waals surface area contributed by atoms with E-state index in [4.69, 9.17) is 4.98 Å². The first-order chi connectivity index (χ1) is 15.0. The van der Waals surface area contributed by atoms with Gasteiger partial charge in [0, 0.05) is 31.8 Å². The molecule has 1 aromatic carbocycles. The molecule has 7 heteroatoms. The van der Waals surface area contributed by atoms with E-state index in [1.807, 2.05) is 27.7 Å². The monoisotopic (exact) mass is 439 g/mol. The van der Waals surface area contributed by atoms with E-state index in [9.17, 15) is 14.7 Å². The molecule has 1 atom stereocenters. The smallest absolute Gasteiger partial charge is 0.223 e. The molecule has 31 heavy (non-hydrogen) atoms. The summed E-state index contributed by atoms with van der Waals surface area (Å²) in [6.45, 7) is 3.35. The van der Waals surface area contributed by atoms with Gasteiger partial charge in [-0.05, 0) is 44.7 Å².